The fourth-order valence-corrected chi connectivity index (χ4v) is 1.76. The average molecular weight is 253 g/mol. The fourth-order valence-electron chi connectivity index (χ4n) is 1.76. The van der Waals surface area contributed by atoms with Gasteiger partial charge in [-0.3, -0.25) is 4.79 Å². The Morgan fingerprint density at radius 2 is 2.06 bits per heavy atom. The number of methoxy groups -OCH3 is 2. The lowest BCUT2D eigenvalue weighted by Crippen LogP contribution is -2.28. The molecule has 0 aliphatic heterocycles. The van der Waals surface area contributed by atoms with E-state index in [1.165, 1.54) is 0 Å². The van der Waals surface area contributed by atoms with E-state index in [1.54, 1.807) is 14.2 Å². The smallest absolute Gasteiger partial charge is 0.245 e. The summed E-state index contributed by atoms with van der Waals surface area (Å²) in [6.07, 6.45) is 0.644. The number of aliphatic hydroxyl groups excluding tert-OH is 1. The van der Waals surface area contributed by atoms with Gasteiger partial charge in [-0.2, -0.15) is 0 Å². The van der Waals surface area contributed by atoms with E-state index < -0.39 is 6.61 Å². The second kappa shape index (κ2) is 6.86. The Morgan fingerprint density at radius 1 is 1.33 bits per heavy atom. The zero-order valence-electron chi connectivity index (χ0n) is 10.9. The maximum Gasteiger partial charge on any atom is 0.245 e. The molecule has 0 bridgehead atoms. The summed E-state index contributed by atoms with van der Waals surface area (Å²) in [5.74, 6) is 1.11. The molecule has 0 atom stereocenters. The van der Waals surface area contributed by atoms with Gasteiger partial charge in [0.25, 0.3) is 0 Å². The molecule has 0 aliphatic rings. The monoisotopic (exact) mass is 253 g/mol. The number of carbonyl (C=O) groups excluding carboxylic acids is 1. The Hall–Kier alpha value is -1.75. The molecule has 2 N–H and O–H groups in total. The lowest BCUT2D eigenvalue weighted by molar-refractivity contribution is -0.123. The highest BCUT2D eigenvalue weighted by Crippen LogP contribution is 2.28. The van der Waals surface area contributed by atoms with E-state index in [4.69, 9.17) is 14.6 Å². The molecule has 1 aromatic carbocycles. The molecular weight excluding hydrogens is 234 g/mol. The highest BCUT2D eigenvalue weighted by atomic mass is 16.5. The van der Waals surface area contributed by atoms with Gasteiger partial charge in [0.15, 0.2) is 0 Å². The zero-order valence-corrected chi connectivity index (χ0v) is 10.9. The van der Waals surface area contributed by atoms with Crippen molar-refractivity contribution in [1.29, 1.82) is 0 Å². The van der Waals surface area contributed by atoms with Crippen LogP contribution >= 0.6 is 0 Å². The predicted octanol–water partition coefficient (Wildman–Crippen LogP) is 0.663. The van der Waals surface area contributed by atoms with Crippen molar-refractivity contribution in [3.63, 3.8) is 0 Å². The van der Waals surface area contributed by atoms with Crippen LogP contribution in [0, 0.1) is 6.92 Å². The number of carbonyl (C=O) groups is 1. The number of aryl methyl sites for hydroxylation is 1. The molecular formula is C13H19NO4. The van der Waals surface area contributed by atoms with Crippen molar-refractivity contribution in [3.05, 3.63) is 23.3 Å². The number of ether oxygens (including phenoxy) is 2. The van der Waals surface area contributed by atoms with Crippen molar-refractivity contribution in [1.82, 2.24) is 5.32 Å². The van der Waals surface area contributed by atoms with E-state index in [1.807, 2.05) is 19.1 Å². The third-order valence-corrected chi connectivity index (χ3v) is 2.70. The zero-order chi connectivity index (χ0) is 13.5. The Balaban J connectivity index is 2.78. The Bertz CT molecular complexity index is 418. The van der Waals surface area contributed by atoms with Crippen molar-refractivity contribution < 1.29 is 19.4 Å². The Morgan fingerprint density at radius 3 is 2.61 bits per heavy atom. The summed E-state index contributed by atoms with van der Waals surface area (Å²) in [6.45, 7) is 1.94. The van der Waals surface area contributed by atoms with Crippen LogP contribution in [0.2, 0.25) is 0 Å². The molecule has 5 nitrogen and oxygen atoms in total. The van der Waals surface area contributed by atoms with E-state index >= 15 is 0 Å². The second-order valence-corrected chi connectivity index (χ2v) is 3.88. The Labute approximate surface area is 107 Å². The second-order valence-electron chi connectivity index (χ2n) is 3.88. The lowest BCUT2D eigenvalue weighted by Gasteiger charge is -2.14. The molecule has 1 aromatic rings. The summed E-state index contributed by atoms with van der Waals surface area (Å²) in [4.78, 5) is 10.9. The number of rotatable bonds is 6. The minimum Gasteiger partial charge on any atom is -0.497 e. The first-order chi connectivity index (χ1) is 8.62. The topological polar surface area (TPSA) is 67.8 Å². The van der Waals surface area contributed by atoms with Gasteiger partial charge in [0.1, 0.15) is 18.1 Å². The van der Waals surface area contributed by atoms with Crippen LogP contribution in [0.1, 0.15) is 11.1 Å². The minimum absolute atomic E-state index is 0.375. The van der Waals surface area contributed by atoms with Gasteiger partial charge in [-0.05, 0) is 30.5 Å². The molecule has 5 heteroatoms. The van der Waals surface area contributed by atoms with Crippen molar-refractivity contribution >= 4 is 5.91 Å². The van der Waals surface area contributed by atoms with Gasteiger partial charge in [-0.15, -0.1) is 0 Å². The molecule has 1 amide bonds. The minimum atomic E-state index is -0.487. The molecule has 0 aliphatic carbocycles. The van der Waals surface area contributed by atoms with E-state index in [-0.39, 0.29) is 5.91 Å². The summed E-state index contributed by atoms with van der Waals surface area (Å²) in [7, 11) is 3.21. The van der Waals surface area contributed by atoms with Gasteiger partial charge in [-0.25, -0.2) is 0 Å². The van der Waals surface area contributed by atoms with Crippen LogP contribution in [0.4, 0.5) is 0 Å². The van der Waals surface area contributed by atoms with Gasteiger partial charge in [0, 0.05) is 12.6 Å². The first-order valence-corrected chi connectivity index (χ1v) is 5.71. The van der Waals surface area contributed by atoms with Crippen LogP contribution in [-0.2, 0) is 11.2 Å². The molecule has 0 unspecified atom stereocenters. The summed E-state index contributed by atoms with van der Waals surface area (Å²) in [6, 6.07) is 3.74. The number of nitrogens with one attached hydrogen (secondary N) is 1. The largest absolute Gasteiger partial charge is 0.497 e. The van der Waals surface area contributed by atoms with E-state index in [2.05, 4.69) is 5.32 Å². The molecule has 0 spiro atoms. The molecule has 0 radical (unpaired) electrons. The normalized spacial score (nSPS) is 10.0. The van der Waals surface area contributed by atoms with Crippen LogP contribution in [0.3, 0.4) is 0 Å². The SMILES string of the molecule is COc1cc(C)c(CCNC(=O)CO)c(OC)c1. The van der Waals surface area contributed by atoms with Crippen molar-refractivity contribution in [2.24, 2.45) is 0 Å². The predicted molar refractivity (Wildman–Crippen MR) is 68.1 cm³/mol. The van der Waals surface area contributed by atoms with Crippen LogP contribution < -0.4 is 14.8 Å². The molecule has 100 valence electrons. The van der Waals surface area contributed by atoms with Gasteiger partial charge in [0.05, 0.1) is 14.2 Å². The molecule has 0 aromatic heterocycles. The van der Waals surface area contributed by atoms with Crippen LogP contribution in [0.25, 0.3) is 0 Å². The molecule has 0 fully saturated rings. The molecule has 0 saturated carbocycles. The number of amides is 1. The van der Waals surface area contributed by atoms with Gasteiger partial charge in [-0.1, -0.05) is 0 Å². The average Bonchev–Trinajstić information content (AvgIpc) is 2.39. The van der Waals surface area contributed by atoms with Gasteiger partial charge < -0.3 is 19.9 Å². The Kier molecular flexibility index (Phi) is 5.45. The van der Waals surface area contributed by atoms with Crippen LogP contribution in [-0.4, -0.2) is 38.4 Å². The number of aliphatic hydroxyl groups is 1. The summed E-state index contributed by atoms with van der Waals surface area (Å²) in [5.41, 5.74) is 2.07. The first-order valence-electron chi connectivity index (χ1n) is 5.71. The molecule has 18 heavy (non-hydrogen) atoms. The quantitative estimate of drug-likeness (QED) is 0.781. The van der Waals surface area contributed by atoms with Crippen LogP contribution in [0.5, 0.6) is 11.5 Å². The molecule has 0 saturated heterocycles. The molecule has 1 rings (SSSR count). The van der Waals surface area contributed by atoms with E-state index in [0.29, 0.717) is 13.0 Å². The van der Waals surface area contributed by atoms with E-state index in [9.17, 15) is 4.79 Å². The molecule has 0 heterocycles. The van der Waals surface area contributed by atoms with Crippen molar-refractivity contribution in [2.45, 2.75) is 13.3 Å². The first kappa shape index (κ1) is 14.3. The van der Waals surface area contributed by atoms with Gasteiger partial charge >= 0.3 is 0 Å². The number of hydrogen-bond donors (Lipinski definition) is 2. The summed E-state index contributed by atoms with van der Waals surface area (Å²) >= 11 is 0. The summed E-state index contributed by atoms with van der Waals surface area (Å²) < 4.78 is 10.5. The van der Waals surface area contributed by atoms with Gasteiger partial charge in [0.2, 0.25) is 5.91 Å². The maximum atomic E-state index is 10.9. The highest BCUT2D eigenvalue weighted by molar-refractivity contribution is 5.76. The maximum absolute atomic E-state index is 10.9. The summed E-state index contributed by atoms with van der Waals surface area (Å²) in [5, 5.41) is 11.2. The third kappa shape index (κ3) is 3.63. The number of benzene rings is 1. The third-order valence-electron chi connectivity index (χ3n) is 2.70. The highest BCUT2D eigenvalue weighted by Gasteiger charge is 2.09. The fraction of sp³-hybridized carbons (Fsp3) is 0.462. The lowest BCUT2D eigenvalue weighted by atomic mass is 10.0. The van der Waals surface area contributed by atoms with Crippen LogP contribution in [0.15, 0.2) is 12.1 Å². The van der Waals surface area contributed by atoms with Crippen molar-refractivity contribution in [2.75, 3.05) is 27.4 Å². The van der Waals surface area contributed by atoms with Crippen molar-refractivity contribution in [3.8, 4) is 11.5 Å². The van der Waals surface area contributed by atoms with E-state index in [0.717, 1.165) is 22.6 Å². The number of hydrogen-bond acceptors (Lipinski definition) is 4. The standard InChI is InChI=1S/C13H19NO4/c1-9-6-10(17-2)7-12(18-3)11(9)4-5-14-13(16)8-15/h6-7,15H,4-5,8H2,1-3H3,(H,14,16).